The molecule has 0 aliphatic rings. The molecule has 0 aliphatic carbocycles. The van der Waals surface area contributed by atoms with Crippen LogP contribution in [0, 0.1) is 0 Å². The third kappa shape index (κ3) is 3.18. The first-order chi connectivity index (χ1) is 8.27. The number of aliphatic hydroxyl groups is 1. The molecule has 1 aromatic heterocycles. The number of aliphatic hydroxyl groups excluding tert-OH is 1. The molecule has 1 heterocycles. The van der Waals surface area contributed by atoms with Gasteiger partial charge in [0, 0.05) is 19.8 Å². The lowest BCUT2D eigenvalue weighted by molar-refractivity contribution is -0.149. The third-order valence-corrected chi connectivity index (χ3v) is 3.49. The lowest BCUT2D eigenvalue weighted by atomic mass is 10.4. The molecule has 0 aliphatic heterocycles. The number of rotatable bonds is 5. The predicted octanol–water partition coefficient (Wildman–Crippen LogP) is -2.19. The van der Waals surface area contributed by atoms with E-state index in [0.717, 1.165) is 7.11 Å². The zero-order valence-electron chi connectivity index (χ0n) is 9.82. The highest BCUT2D eigenvalue weighted by atomic mass is 32.2. The molecule has 10 heteroatoms. The summed E-state index contributed by atoms with van der Waals surface area (Å²) in [6.45, 7) is -0.511. The number of ether oxygens (including phenoxy) is 1. The van der Waals surface area contributed by atoms with Gasteiger partial charge in [0.1, 0.15) is 4.90 Å². The van der Waals surface area contributed by atoms with E-state index in [4.69, 9.17) is 5.73 Å². The molecular formula is C8H14N4O5S. The van der Waals surface area contributed by atoms with Crippen molar-refractivity contribution in [1.29, 1.82) is 0 Å². The Morgan fingerprint density at radius 2 is 2.33 bits per heavy atom. The molecule has 1 aromatic rings. The van der Waals surface area contributed by atoms with Crippen molar-refractivity contribution in [3.63, 3.8) is 0 Å². The van der Waals surface area contributed by atoms with Crippen LogP contribution in [-0.4, -0.2) is 49.0 Å². The molecule has 4 N–H and O–H groups in total. The maximum absolute atomic E-state index is 11.8. The number of nitrogens with two attached hydrogens (primary N) is 1. The normalized spacial score (nSPS) is 13.3. The van der Waals surface area contributed by atoms with Gasteiger partial charge < -0.3 is 15.6 Å². The van der Waals surface area contributed by atoms with E-state index in [-0.39, 0.29) is 10.7 Å². The fourth-order valence-corrected chi connectivity index (χ4v) is 2.32. The number of nitrogens with zero attached hydrogens (tertiary/aromatic N) is 2. The Bertz CT molecular complexity index is 538. The van der Waals surface area contributed by atoms with E-state index in [2.05, 4.69) is 9.84 Å². The second kappa shape index (κ2) is 5.33. The maximum atomic E-state index is 11.8. The molecule has 1 atom stereocenters. The molecule has 0 aromatic carbocycles. The third-order valence-electron chi connectivity index (χ3n) is 2.05. The van der Waals surface area contributed by atoms with Crippen molar-refractivity contribution in [1.82, 2.24) is 14.5 Å². The summed E-state index contributed by atoms with van der Waals surface area (Å²) in [5.41, 5.74) is 5.41. The van der Waals surface area contributed by atoms with Crippen molar-refractivity contribution >= 4 is 21.8 Å². The van der Waals surface area contributed by atoms with E-state index in [1.54, 1.807) is 0 Å². The fourth-order valence-electron chi connectivity index (χ4n) is 1.18. The second-order valence-corrected chi connectivity index (χ2v) is 5.18. The quantitative estimate of drug-likeness (QED) is 0.520. The highest BCUT2D eigenvalue weighted by molar-refractivity contribution is 7.89. The standard InChI is InChI=1S/C8H14N4O5S/c1-12-4-6(7(9)11-12)18(15,16)10-3-5(13)8(14)17-2/h4-5,10,13H,3H2,1-2H3,(H2,9,11). The molecule has 0 bridgehead atoms. The molecule has 1 rings (SSSR count). The van der Waals surface area contributed by atoms with Crippen LogP contribution in [0.4, 0.5) is 5.82 Å². The van der Waals surface area contributed by atoms with E-state index < -0.39 is 28.6 Å². The molecule has 0 radical (unpaired) electrons. The van der Waals surface area contributed by atoms with Crippen LogP contribution in [-0.2, 0) is 26.6 Å². The highest BCUT2D eigenvalue weighted by Gasteiger charge is 2.23. The van der Waals surface area contributed by atoms with E-state index in [1.165, 1.54) is 17.9 Å². The average molecular weight is 278 g/mol. The van der Waals surface area contributed by atoms with Gasteiger partial charge in [0.15, 0.2) is 11.9 Å². The van der Waals surface area contributed by atoms with Crippen molar-refractivity contribution in [2.45, 2.75) is 11.0 Å². The summed E-state index contributed by atoms with van der Waals surface area (Å²) in [6, 6.07) is 0. The van der Waals surface area contributed by atoms with Crippen molar-refractivity contribution in [2.24, 2.45) is 7.05 Å². The Hall–Kier alpha value is -1.65. The summed E-state index contributed by atoms with van der Waals surface area (Å²) in [5, 5.41) is 12.9. The average Bonchev–Trinajstić information content (AvgIpc) is 2.65. The second-order valence-electron chi connectivity index (χ2n) is 3.44. The number of esters is 1. The Morgan fingerprint density at radius 3 is 2.78 bits per heavy atom. The number of anilines is 1. The molecule has 0 saturated heterocycles. The number of carbonyl (C=O) groups excluding carboxylic acids is 1. The van der Waals surface area contributed by atoms with Gasteiger partial charge in [0.25, 0.3) is 0 Å². The first-order valence-corrected chi connectivity index (χ1v) is 6.31. The molecule has 0 fully saturated rings. The van der Waals surface area contributed by atoms with Gasteiger partial charge in [-0.15, -0.1) is 0 Å². The van der Waals surface area contributed by atoms with Crippen LogP contribution in [0.15, 0.2) is 11.1 Å². The van der Waals surface area contributed by atoms with E-state index in [0.29, 0.717) is 0 Å². The Morgan fingerprint density at radius 1 is 1.72 bits per heavy atom. The number of hydrogen-bond donors (Lipinski definition) is 3. The summed E-state index contributed by atoms with van der Waals surface area (Å²) < 4.78 is 31.1. The first kappa shape index (κ1) is 14.4. The number of nitrogen functional groups attached to an aromatic ring is 1. The first-order valence-electron chi connectivity index (χ1n) is 4.82. The summed E-state index contributed by atoms with van der Waals surface area (Å²) >= 11 is 0. The van der Waals surface area contributed by atoms with Crippen LogP contribution in [0.2, 0.25) is 0 Å². The van der Waals surface area contributed by atoms with E-state index in [9.17, 15) is 18.3 Å². The van der Waals surface area contributed by atoms with Gasteiger partial charge in [-0.1, -0.05) is 0 Å². The number of hydrogen-bond acceptors (Lipinski definition) is 7. The molecule has 0 amide bonds. The molecule has 1 unspecified atom stereocenters. The number of aromatic nitrogens is 2. The Labute approximate surface area is 104 Å². The Kier molecular flexibility index (Phi) is 4.27. The monoisotopic (exact) mass is 278 g/mol. The minimum Gasteiger partial charge on any atom is -0.467 e. The van der Waals surface area contributed by atoms with Crippen LogP contribution in [0.1, 0.15) is 0 Å². The van der Waals surface area contributed by atoms with Crippen molar-refractivity contribution < 1.29 is 23.1 Å². The number of methoxy groups -OCH3 is 1. The largest absolute Gasteiger partial charge is 0.467 e. The molecular weight excluding hydrogens is 264 g/mol. The van der Waals surface area contributed by atoms with Crippen LogP contribution < -0.4 is 10.5 Å². The van der Waals surface area contributed by atoms with Gasteiger partial charge in [-0.05, 0) is 0 Å². The smallest absolute Gasteiger partial charge is 0.336 e. The lowest BCUT2D eigenvalue weighted by Gasteiger charge is -2.09. The molecule has 0 spiro atoms. The van der Waals surface area contributed by atoms with Crippen molar-refractivity contribution in [3.8, 4) is 0 Å². The predicted molar refractivity (Wildman–Crippen MR) is 60.8 cm³/mol. The van der Waals surface area contributed by atoms with Gasteiger partial charge in [-0.2, -0.15) is 5.10 Å². The zero-order valence-corrected chi connectivity index (χ0v) is 10.6. The van der Waals surface area contributed by atoms with Gasteiger partial charge in [0.05, 0.1) is 7.11 Å². The highest BCUT2D eigenvalue weighted by Crippen LogP contribution is 2.14. The minimum absolute atomic E-state index is 0.169. The summed E-state index contributed by atoms with van der Waals surface area (Å²) in [4.78, 5) is 10.7. The number of carbonyl (C=O) groups is 1. The van der Waals surface area contributed by atoms with Gasteiger partial charge in [0.2, 0.25) is 10.0 Å². The maximum Gasteiger partial charge on any atom is 0.336 e. The van der Waals surface area contributed by atoms with Gasteiger partial charge in [-0.3, -0.25) is 4.68 Å². The van der Waals surface area contributed by atoms with Crippen LogP contribution in [0.5, 0.6) is 0 Å². The van der Waals surface area contributed by atoms with Crippen LogP contribution >= 0.6 is 0 Å². The van der Waals surface area contributed by atoms with Crippen LogP contribution in [0.25, 0.3) is 0 Å². The van der Waals surface area contributed by atoms with E-state index in [1.807, 2.05) is 4.72 Å². The molecule has 102 valence electrons. The number of aryl methyl sites for hydroxylation is 1. The minimum atomic E-state index is -3.93. The van der Waals surface area contributed by atoms with E-state index >= 15 is 0 Å². The summed E-state index contributed by atoms with van der Waals surface area (Å²) in [7, 11) is -1.34. The molecule has 0 saturated carbocycles. The SMILES string of the molecule is COC(=O)C(O)CNS(=O)(=O)c1cn(C)nc1N. The topological polar surface area (TPSA) is 137 Å². The number of nitrogens with one attached hydrogen (secondary N) is 1. The summed E-state index contributed by atoms with van der Waals surface area (Å²) in [5.74, 6) is -1.10. The fraction of sp³-hybridized carbons (Fsp3) is 0.500. The molecule has 9 nitrogen and oxygen atoms in total. The van der Waals surface area contributed by atoms with Crippen molar-refractivity contribution in [3.05, 3.63) is 6.20 Å². The Balaban J connectivity index is 2.78. The van der Waals surface area contributed by atoms with Gasteiger partial charge in [-0.25, -0.2) is 17.9 Å². The van der Waals surface area contributed by atoms with Crippen LogP contribution in [0.3, 0.4) is 0 Å². The molecule has 18 heavy (non-hydrogen) atoms. The summed E-state index contributed by atoms with van der Waals surface area (Å²) in [6.07, 6.45) is -0.370. The van der Waals surface area contributed by atoms with Crippen molar-refractivity contribution in [2.75, 3.05) is 19.4 Å². The zero-order chi connectivity index (χ0) is 13.9. The van der Waals surface area contributed by atoms with Gasteiger partial charge >= 0.3 is 5.97 Å². The number of sulfonamides is 1. The lowest BCUT2D eigenvalue weighted by Crippen LogP contribution is -2.37.